The van der Waals surface area contributed by atoms with Crippen LogP contribution in [0.1, 0.15) is 36.8 Å². The molecule has 1 saturated heterocycles. The molecule has 7 nitrogen and oxygen atoms in total. The molecule has 172 valence electrons. The summed E-state index contributed by atoms with van der Waals surface area (Å²) in [6.45, 7) is 1.73. The molecule has 2 aromatic rings. The largest absolute Gasteiger partial charge is 0.492 e. The second-order valence-corrected chi connectivity index (χ2v) is 10.1. The van der Waals surface area contributed by atoms with Gasteiger partial charge in [0.05, 0.1) is 11.4 Å². The third-order valence-corrected chi connectivity index (χ3v) is 7.82. The number of nitrogens with one attached hydrogen (secondary N) is 1. The van der Waals surface area contributed by atoms with Crippen molar-refractivity contribution in [3.63, 3.8) is 0 Å². The second-order valence-electron chi connectivity index (χ2n) is 8.21. The number of benzene rings is 2. The van der Waals surface area contributed by atoms with Crippen molar-refractivity contribution < 1.29 is 22.7 Å². The van der Waals surface area contributed by atoms with Crippen LogP contribution in [0.25, 0.3) is 0 Å². The molecule has 0 saturated carbocycles. The quantitative estimate of drug-likeness (QED) is 0.584. The zero-order chi connectivity index (χ0) is 22.4. The van der Waals surface area contributed by atoms with Gasteiger partial charge in [-0.2, -0.15) is 4.31 Å². The van der Waals surface area contributed by atoms with Gasteiger partial charge in [-0.25, -0.2) is 8.42 Å². The number of fused-ring (bicyclic) bond motifs is 1. The van der Waals surface area contributed by atoms with Crippen LogP contribution in [0.15, 0.2) is 47.4 Å². The first-order valence-corrected chi connectivity index (χ1v) is 12.7. The van der Waals surface area contributed by atoms with Crippen LogP contribution in [0.3, 0.4) is 0 Å². The van der Waals surface area contributed by atoms with E-state index in [1.165, 1.54) is 28.3 Å². The Bertz CT molecular complexity index is 1030. The van der Waals surface area contributed by atoms with Crippen LogP contribution in [0.5, 0.6) is 11.5 Å². The second kappa shape index (κ2) is 10.4. The molecule has 1 fully saturated rings. The monoisotopic (exact) mass is 458 g/mol. The number of amides is 1. The van der Waals surface area contributed by atoms with Gasteiger partial charge in [0.2, 0.25) is 10.0 Å². The molecule has 0 radical (unpaired) electrons. The molecule has 2 aliphatic rings. The van der Waals surface area contributed by atoms with Crippen LogP contribution in [-0.2, 0) is 27.7 Å². The zero-order valence-corrected chi connectivity index (χ0v) is 19.0. The van der Waals surface area contributed by atoms with Gasteiger partial charge in [0.1, 0.15) is 18.1 Å². The Kier molecular flexibility index (Phi) is 7.32. The van der Waals surface area contributed by atoms with Gasteiger partial charge in [-0.3, -0.25) is 4.79 Å². The number of aryl methyl sites for hydroxylation is 2. The number of hydrogen-bond donors (Lipinski definition) is 1. The lowest BCUT2D eigenvalue weighted by molar-refractivity contribution is -0.123. The van der Waals surface area contributed by atoms with Gasteiger partial charge >= 0.3 is 0 Å². The summed E-state index contributed by atoms with van der Waals surface area (Å²) in [4.78, 5) is 12.3. The molecular formula is C24H30N2O5S. The van der Waals surface area contributed by atoms with Crippen LogP contribution in [0.4, 0.5) is 0 Å². The number of nitrogens with zero attached hydrogens (tertiary/aromatic N) is 1. The predicted molar refractivity (Wildman–Crippen MR) is 122 cm³/mol. The average molecular weight is 459 g/mol. The summed E-state index contributed by atoms with van der Waals surface area (Å²) < 4.78 is 37.8. The van der Waals surface area contributed by atoms with Gasteiger partial charge in [0, 0.05) is 13.1 Å². The molecule has 1 aliphatic heterocycles. The van der Waals surface area contributed by atoms with Crippen molar-refractivity contribution in [3.8, 4) is 11.5 Å². The molecular weight excluding hydrogens is 428 g/mol. The number of carbonyl (C=O) groups excluding carboxylic acids is 1. The van der Waals surface area contributed by atoms with E-state index in [1.807, 2.05) is 12.1 Å². The maximum atomic E-state index is 12.5. The number of hydrogen-bond acceptors (Lipinski definition) is 5. The summed E-state index contributed by atoms with van der Waals surface area (Å²) in [5.74, 6) is 1.07. The van der Waals surface area contributed by atoms with Crippen molar-refractivity contribution in [2.75, 3.05) is 32.8 Å². The Hall–Kier alpha value is -2.58. The molecule has 4 rings (SSSR count). The van der Waals surface area contributed by atoms with Crippen LogP contribution in [0, 0.1) is 0 Å². The van der Waals surface area contributed by atoms with Gasteiger partial charge in [-0.05, 0) is 86.1 Å². The fourth-order valence-corrected chi connectivity index (χ4v) is 5.66. The lowest BCUT2D eigenvalue weighted by Gasteiger charge is -2.16. The summed E-state index contributed by atoms with van der Waals surface area (Å²) in [7, 11) is -3.42. The smallest absolute Gasteiger partial charge is 0.258 e. The molecule has 1 heterocycles. The molecule has 0 spiro atoms. The molecule has 0 unspecified atom stereocenters. The van der Waals surface area contributed by atoms with Crippen molar-refractivity contribution in [2.24, 2.45) is 0 Å². The summed E-state index contributed by atoms with van der Waals surface area (Å²) in [5, 5.41) is 2.77. The lowest BCUT2D eigenvalue weighted by atomic mass is 9.92. The third kappa shape index (κ3) is 5.61. The van der Waals surface area contributed by atoms with Crippen LogP contribution in [-0.4, -0.2) is 51.5 Å². The highest BCUT2D eigenvalue weighted by Crippen LogP contribution is 2.25. The Morgan fingerprint density at radius 2 is 1.56 bits per heavy atom. The van der Waals surface area contributed by atoms with E-state index in [9.17, 15) is 13.2 Å². The molecule has 0 aromatic heterocycles. The first kappa shape index (κ1) is 22.6. The van der Waals surface area contributed by atoms with E-state index >= 15 is 0 Å². The molecule has 2 aromatic carbocycles. The fraction of sp³-hybridized carbons (Fsp3) is 0.458. The maximum Gasteiger partial charge on any atom is 0.258 e. The van der Waals surface area contributed by atoms with Crippen molar-refractivity contribution >= 4 is 15.9 Å². The molecule has 1 aliphatic carbocycles. The predicted octanol–water partition coefficient (Wildman–Crippen LogP) is 2.92. The molecule has 8 heteroatoms. The molecule has 0 bridgehead atoms. The number of rotatable bonds is 9. The minimum atomic E-state index is -3.42. The van der Waals surface area contributed by atoms with Crippen molar-refractivity contribution in [3.05, 3.63) is 53.6 Å². The Morgan fingerprint density at radius 1 is 0.875 bits per heavy atom. The summed E-state index contributed by atoms with van der Waals surface area (Å²) >= 11 is 0. The highest BCUT2D eigenvalue weighted by Gasteiger charge is 2.26. The number of carbonyl (C=O) groups is 1. The van der Waals surface area contributed by atoms with E-state index in [1.54, 1.807) is 24.3 Å². The minimum absolute atomic E-state index is 0.0398. The van der Waals surface area contributed by atoms with E-state index in [0.29, 0.717) is 25.4 Å². The van der Waals surface area contributed by atoms with Gasteiger partial charge < -0.3 is 14.8 Å². The molecule has 0 atom stereocenters. The zero-order valence-electron chi connectivity index (χ0n) is 18.2. The average Bonchev–Trinajstić information content (AvgIpc) is 3.37. The lowest BCUT2D eigenvalue weighted by Crippen LogP contribution is -2.32. The first-order chi connectivity index (χ1) is 15.5. The highest BCUT2D eigenvalue weighted by molar-refractivity contribution is 7.89. The standard InChI is InChI=1S/C24H30N2O5S/c27-24(18-31-22-8-7-19-5-1-2-6-20(19)17-22)25-13-16-30-21-9-11-23(12-10-21)32(28,29)26-14-3-4-15-26/h7-12,17H,1-6,13-16,18H2,(H,25,27). The highest BCUT2D eigenvalue weighted by atomic mass is 32.2. The van der Waals surface area contributed by atoms with Gasteiger partial charge in [-0.1, -0.05) is 6.07 Å². The van der Waals surface area contributed by atoms with Gasteiger partial charge in [0.15, 0.2) is 6.61 Å². The van der Waals surface area contributed by atoms with Crippen LogP contribution in [0.2, 0.25) is 0 Å². The third-order valence-electron chi connectivity index (χ3n) is 5.91. The van der Waals surface area contributed by atoms with Crippen molar-refractivity contribution in [1.29, 1.82) is 0 Å². The first-order valence-electron chi connectivity index (χ1n) is 11.3. The van der Waals surface area contributed by atoms with Gasteiger partial charge in [0.25, 0.3) is 5.91 Å². The Labute approximate surface area is 189 Å². The minimum Gasteiger partial charge on any atom is -0.492 e. The van der Waals surface area contributed by atoms with Crippen molar-refractivity contribution in [1.82, 2.24) is 9.62 Å². The van der Waals surface area contributed by atoms with Crippen LogP contribution >= 0.6 is 0 Å². The number of ether oxygens (including phenoxy) is 2. The maximum absolute atomic E-state index is 12.5. The fourth-order valence-electron chi connectivity index (χ4n) is 4.14. The SMILES string of the molecule is O=C(COc1ccc2c(c1)CCCC2)NCCOc1ccc(S(=O)(=O)N2CCCC2)cc1. The Morgan fingerprint density at radius 3 is 2.31 bits per heavy atom. The van der Waals surface area contributed by atoms with E-state index in [4.69, 9.17) is 9.47 Å². The summed E-state index contributed by atoms with van der Waals surface area (Å²) in [5.41, 5.74) is 2.70. The molecule has 1 N–H and O–H groups in total. The summed E-state index contributed by atoms with van der Waals surface area (Å²) in [6.07, 6.45) is 6.44. The van der Waals surface area contributed by atoms with Gasteiger partial charge in [-0.15, -0.1) is 0 Å². The van der Waals surface area contributed by atoms with E-state index in [0.717, 1.165) is 31.4 Å². The summed E-state index contributed by atoms with van der Waals surface area (Å²) in [6, 6.07) is 12.5. The van der Waals surface area contributed by atoms with Crippen molar-refractivity contribution in [2.45, 2.75) is 43.4 Å². The Balaban J connectivity index is 1.17. The van der Waals surface area contributed by atoms with E-state index in [-0.39, 0.29) is 24.0 Å². The normalized spacial score (nSPS) is 16.4. The topological polar surface area (TPSA) is 84.9 Å². The van der Waals surface area contributed by atoms with E-state index < -0.39 is 10.0 Å². The molecule has 1 amide bonds. The van der Waals surface area contributed by atoms with E-state index in [2.05, 4.69) is 11.4 Å². The molecule has 32 heavy (non-hydrogen) atoms. The number of sulfonamides is 1. The van der Waals surface area contributed by atoms with Crippen LogP contribution < -0.4 is 14.8 Å².